The number of halogens is 3. The molecule has 0 saturated heterocycles. The molecule has 13 heteroatoms. The van der Waals surface area contributed by atoms with Gasteiger partial charge in [-0.25, -0.2) is 15.0 Å². The van der Waals surface area contributed by atoms with E-state index in [0.29, 0.717) is 37.0 Å². The summed E-state index contributed by atoms with van der Waals surface area (Å²) in [5, 5.41) is 11.6. The van der Waals surface area contributed by atoms with Crippen LogP contribution < -0.4 is 5.32 Å². The Labute approximate surface area is 215 Å². The molecule has 4 aromatic heterocycles. The zero-order valence-electron chi connectivity index (χ0n) is 20.7. The number of nitrogens with zero attached hydrogens (tertiary/aromatic N) is 8. The fourth-order valence-corrected chi connectivity index (χ4v) is 5.41. The van der Waals surface area contributed by atoms with E-state index >= 15 is 0 Å². The molecule has 0 spiro atoms. The number of hydrogen-bond acceptors (Lipinski definition) is 7. The first-order valence-corrected chi connectivity index (χ1v) is 12.6. The van der Waals surface area contributed by atoms with Crippen molar-refractivity contribution in [2.45, 2.75) is 57.9 Å². The van der Waals surface area contributed by atoms with E-state index in [0.717, 1.165) is 43.4 Å². The number of aryl methyl sites for hydroxylation is 1. The van der Waals surface area contributed by atoms with Gasteiger partial charge in [-0.05, 0) is 50.8 Å². The summed E-state index contributed by atoms with van der Waals surface area (Å²) in [5.74, 6) is 2.23. The molecule has 198 valence electrons. The quantitative estimate of drug-likeness (QED) is 0.433. The number of pyridine rings is 1. The smallest absolute Gasteiger partial charge is 0.351 e. The lowest BCUT2D eigenvalue weighted by Crippen LogP contribution is -2.43. The van der Waals surface area contributed by atoms with Crippen LogP contribution in [0.2, 0.25) is 0 Å². The molecule has 6 rings (SSSR count). The van der Waals surface area contributed by atoms with E-state index in [1.54, 1.807) is 12.3 Å². The maximum absolute atomic E-state index is 13.4. The van der Waals surface area contributed by atoms with Gasteiger partial charge in [-0.1, -0.05) is 0 Å². The zero-order chi connectivity index (χ0) is 26.4. The SMILES string of the molecule is Cc1nnc2n1CCN(C(=O)[C@H]1CC[C@H](Nc3nccc(-c4cnc5c(C(F)(F)F)cccn45)n3)CC1)C2. The van der Waals surface area contributed by atoms with E-state index in [1.165, 1.54) is 22.9 Å². The van der Waals surface area contributed by atoms with Gasteiger partial charge in [-0.2, -0.15) is 13.2 Å². The number of aromatic nitrogens is 7. The Balaban J connectivity index is 1.10. The summed E-state index contributed by atoms with van der Waals surface area (Å²) in [4.78, 5) is 27.9. The molecule has 0 aromatic carbocycles. The standard InChI is InChI=1S/C25H26F3N9O/c1-15-33-34-21-14-35(11-12-36(15)21)23(38)16-4-6-17(7-5-16)31-24-29-9-8-19(32-24)20-13-30-22-18(25(26,27)28)3-2-10-37(20)22/h2-3,8-10,13,16-17H,4-7,11-12,14H2,1H3,(H,29,31,32)/t16-,17-. The third-order valence-electron chi connectivity index (χ3n) is 7.42. The molecule has 2 aliphatic rings. The second kappa shape index (κ2) is 9.37. The van der Waals surface area contributed by atoms with Crippen LogP contribution >= 0.6 is 0 Å². The molecule has 1 amide bonds. The highest BCUT2D eigenvalue weighted by molar-refractivity contribution is 5.79. The molecule has 0 unspecified atom stereocenters. The summed E-state index contributed by atoms with van der Waals surface area (Å²) >= 11 is 0. The first-order chi connectivity index (χ1) is 18.3. The van der Waals surface area contributed by atoms with E-state index in [9.17, 15) is 18.0 Å². The third-order valence-corrected chi connectivity index (χ3v) is 7.42. The predicted molar refractivity (Wildman–Crippen MR) is 131 cm³/mol. The second-order valence-electron chi connectivity index (χ2n) is 9.79. The molecule has 1 N–H and O–H groups in total. The first kappa shape index (κ1) is 24.3. The number of anilines is 1. The van der Waals surface area contributed by atoms with Gasteiger partial charge in [-0.3, -0.25) is 9.20 Å². The van der Waals surface area contributed by atoms with Gasteiger partial charge in [0.15, 0.2) is 5.82 Å². The maximum atomic E-state index is 13.4. The Hall–Kier alpha value is -4.03. The van der Waals surface area contributed by atoms with Gasteiger partial charge in [0.05, 0.1) is 29.7 Å². The van der Waals surface area contributed by atoms with Crippen molar-refractivity contribution in [1.82, 2.24) is 39.0 Å². The van der Waals surface area contributed by atoms with Crippen LogP contribution in [0.4, 0.5) is 19.1 Å². The topological polar surface area (TPSA) is 106 Å². The molecule has 1 aliphatic heterocycles. The predicted octanol–water partition coefficient (Wildman–Crippen LogP) is 3.72. The number of amides is 1. The molecule has 0 radical (unpaired) electrons. The lowest BCUT2D eigenvalue weighted by molar-refractivity contribution is -0.138. The van der Waals surface area contributed by atoms with Crippen LogP contribution in [0.1, 0.15) is 42.9 Å². The second-order valence-corrected chi connectivity index (χ2v) is 9.79. The zero-order valence-corrected chi connectivity index (χ0v) is 20.7. The third kappa shape index (κ3) is 4.45. The Bertz CT molecular complexity index is 1490. The molecule has 1 fully saturated rings. The fourth-order valence-electron chi connectivity index (χ4n) is 5.41. The van der Waals surface area contributed by atoms with Gasteiger partial charge in [0.2, 0.25) is 11.9 Å². The monoisotopic (exact) mass is 525 g/mol. The lowest BCUT2D eigenvalue weighted by atomic mass is 9.85. The van der Waals surface area contributed by atoms with Gasteiger partial charge in [0, 0.05) is 37.4 Å². The molecular weight excluding hydrogens is 499 g/mol. The number of carbonyl (C=O) groups excluding carboxylic acids is 1. The van der Waals surface area contributed by atoms with E-state index in [1.807, 2.05) is 11.8 Å². The molecular formula is C25H26F3N9O. The van der Waals surface area contributed by atoms with Crippen molar-refractivity contribution >= 4 is 17.5 Å². The number of nitrogens with one attached hydrogen (secondary N) is 1. The van der Waals surface area contributed by atoms with Crippen LogP contribution in [-0.2, 0) is 24.1 Å². The molecule has 1 aliphatic carbocycles. The Morgan fingerprint density at radius 1 is 1.08 bits per heavy atom. The number of hydrogen-bond donors (Lipinski definition) is 1. The number of fused-ring (bicyclic) bond motifs is 2. The lowest BCUT2D eigenvalue weighted by Gasteiger charge is -2.34. The van der Waals surface area contributed by atoms with Crippen LogP contribution in [0.5, 0.6) is 0 Å². The molecule has 10 nitrogen and oxygen atoms in total. The van der Waals surface area contributed by atoms with Crippen LogP contribution in [0.15, 0.2) is 36.8 Å². The molecule has 1 saturated carbocycles. The van der Waals surface area contributed by atoms with Crippen molar-refractivity contribution in [3.8, 4) is 11.4 Å². The average molecular weight is 526 g/mol. The van der Waals surface area contributed by atoms with Crippen molar-refractivity contribution in [3.63, 3.8) is 0 Å². The summed E-state index contributed by atoms with van der Waals surface area (Å²) in [7, 11) is 0. The Morgan fingerprint density at radius 2 is 1.89 bits per heavy atom. The van der Waals surface area contributed by atoms with Gasteiger partial charge in [0.1, 0.15) is 11.5 Å². The maximum Gasteiger partial charge on any atom is 0.419 e. The van der Waals surface area contributed by atoms with Gasteiger partial charge >= 0.3 is 6.18 Å². The van der Waals surface area contributed by atoms with Gasteiger partial charge < -0.3 is 14.8 Å². The van der Waals surface area contributed by atoms with E-state index < -0.39 is 11.7 Å². The Morgan fingerprint density at radius 3 is 2.68 bits per heavy atom. The van der Waals surface area contributed by atoms with Crippen molar-refractivity contribution in [1.29, 1.82) is 0 Å². The van der Waals surface area contributed by atoms with Crippen molar-refractivity contribution in [3.05, 3.63) is 54.0 Å². The minimum atomic E-state index is -4.50. The molecule has 5 heterocycles. The normalized spacial score (nSPS) is 19.9. The summed E-state index contributed by atoms with van der Waals surface area (Å²) < 4.78 is 43.6. The number of imidazole rings is 1. The number of rotatable bonds is 4. The van der Waals surface area contributed by atoms with E-state index in [-0.39, 0.29) is 23.5 Å². The summed E-state index contributed by atoms with van der Waals surface area (Å²) in [6, 6.07) is 4.10. The largest absolute Gasteiger partial charge is 0.419 e. The van der Waals surface area contributed by atoms with Crippen LogP contribution in [0, 0.1) is 12.8 Å². The highest BCUT2D eigenvalue weighted by atomic mass is 19.4. The highest BCUT2D eigenvalue weighted by Gasteiger charge is 2.34. The minimum absolute atomic E-state index is 0.0307. The van der Waals surface area contributed by atoms with Crippen LogP contribution in [0.3, 0.4) is 0 Å². The summed E-state index contributed by atoms with van der Waals surface area (Å²) in [6.45, 7) is 3.79. The van der Waals surface area contributed by atoms with Crippen molar-refractivity contribution < 1.29 is 18.0 Å². The molecule has 38 heavy (non-hydrogen) atoms. The van der Waals surface area contributed by atoms with Gasteiger partial charge in [0.25, 0.3) is 0 Å². The minimum Gasteiger partial charge on any atom is -0.351 e. The van der Waals surface area contributed by atoms with Crippen LogP contribution in [-0.4, -0.2) is 57.5 Å². The number of alkyl halides is 3. The van der Waals surface area contributed by atoms with Crippen molar-refractivity contribution in [2.75, 3.05) is 11.9 Å². The fraction of sp³-hybridized carbons (Fsp3) is 0.440. The van der Waals surface area contributed by atoms with Crippen molar-refractivity contribution in [2.24, 2.45) is 5.92 Å². The van der Waals surface area contributed by atoms with E-state index in [2.05, 4.69) is 35.0 Å². The highest BCUT2D eigenvalue weighted by Crippen LogP contribution is 2.34. The Kier molecular flexibility index (Phi) is 6.00. The first-order valence-electron chi connectivity index (χ1n) is 12.6. The molecule has 0 bridgehead atoms. The van der Waals surface area contributed by atoms with E-state index in [4.69, 9.17) is 0 Å². The average Bonchev–Trinajstić information content (AvgIpc) is 3.51. The van der Waals surface area contributed by atoms with Gasteiger partial charge in [-0.15, -0.1) is 10.2 Å². The summed E-state index contributed by atoms with van der Waals surface area (Å²) in [6.07, 6.45) is 3.08. The summed E-state index contributed by atoms with van der Waals surface area (Å²) in [5.41, 5.74) is -0.0634. The molecule has 4 aromatic rings. The van der Waals surface area contributed by atoms with Crippen LogP contribution in [0.25, 0.3) is 17.0 Å². The molecule has 0 atom stereocenters. The number of carbonyl (C=O) groups is 1.